The molecule has 5 nitrogen and oxygen atoms in total. The Hall–Kier alpha value is -0.910. The van der Waals surface area contributed by atoms with Crippen LogP contribution in [0.4, 0.5) is 0 Å². The molecule has 0 aromatic carbocycles. The van der Waals surface area contributed by atoms with Gasteiger partial charge >= 0.3 is 5.97 Å². The predicted octanol–water partition coefficient (Wildman–Crippen LogP) is 5.03. The molecule has 0 amide bonds. The number of hydrogen-bond donors (Lipinski definition) is 4. The summed E-state index contributed by atoms with van der Waals surface area (Å²) in [5.41, 5.74) is -0.779. The fraction of sp³-hybridized carbons (Fsp3) is 0.900. The van der Waals surface area contributed by atoms with Crippen LogP contribution in [0.5, 0.6) is 0 Å². The average molecular weight is 489 g/mol. The van der Waals surface area contributed by atoms with Crippen LogP contribution in [0.15, 0.2) is 12.2 Å². The largest absolute Gasteiger partial charge is 0.481 e. The summed E-state index contributed by atoms with van der Waals surface area (Å²) in [6.07, 6.45) is 4.17. The maximum atomic E-state index is 12.8. The quantitative estimate of drug-likeness (QED) is 0.409. The van der Waals surface area contributed by atoms with Crippen molar-refractivity contribution in [3.8, 4) is 0 Å². The summed E-state index contributed by atoms with van der Waals surface area (Å²) in [5, 5.41) is 44.4. The number of carboxylic acids is 1. The molecule has 0 unspecified atom stereocenters. The van der Waals surface area contributed by atoms with Gasteiger partial charge in [0.25, 0.3) is 0 Å². The molecular weight excluding hydrogens is 440 g/mol. The normalized spacial score (nSPS) is 56.8. The maximum absolute atomic E-state index is 12.8. The summed E-state index contributed by atoms with van der Waals surface area (Å²) >= 11 is 0. The van der Waals surface area contributed by atoms with Crippen molar-refractivity contribution in [2.75, 3.05) is 0 Å². The molecule has 5 aliphatic rings. The van der Waals surface area contributed by atoms with Crippen LogP contribution in [-0.4, -0.2) is 44.7 Å². The first kappa shape index (κ1) is 25.7. The van der Waals surface area contributed by atoms with Crippen LogP contribution in [-0.2, 0) is 4.79 Å². The highest BCUT2D eigenvalue weighted by Crippen LogP contribution is 2.77. The van der Waals surface area contributed by atoms with E-state index in [2.05, 4.69) is 48.1 Å². The molecule has 0 aromatic heterocycles. The van der Waals surface area contributed by atoms with Crippen molar-refractivity contribution in [2.24, 2.45) is 56.7 Å². The molecule has 5 saturated carbocycles. The molecule has 0 spiro atoms. The van der Waals surface area contributed by atoms with Crippen molar-refractivity contribution in [2.45, 2.75) is 111 Å². The number of aliphatic carboxylic acids is 1. The molecule has 0 bridgehead atoms. The Bertz CT molecular complexity index is 928. The highest BCUT2D eigenvalue weighted by molar-refractivity contribution is 5.76. The zero-order valence-electron chi connectivity index (χ0n) is 22.7. The second kappa shape index (κ2) is 7.57. The first-order valence-electron chi connectivity index (χ1n) is 14.0. The van der Waals surface area contributed by atoms with Crippen molar-refractivity contribution in [3.63, 3.8) is 0 Å². The molecule has 5 heteroatoms. The summed E-state index contributed by atoms with van der Waals surface area (Å²) in [4.78, 5) is 12.8. The lowest BCUT2D eigenvalue weighted by molar-refractivity contribution is -0.294. The van der Waals surface area contributed by atoms with E-state index in [1.807, 2.05) is 0 Å². The number of aliphatic hydroxyl groups is 3. The predicted molar refractivity (Wildman–Crippen MR) is 135 cm³/mol. The molecule has 35 heavy (non-hydrogen) atoms. The third-order valence-electron chi connectivity index (χ3n) is 13.5. The minimum atomic E-state index is -0.787. The fourth-order valence-electron chi connectivity index (χ4n) is 11.6. The number of hydrogen-bond acceptors (Lipinski definition) is 4. The SMILES string of the molecule is C=C(C)[C@@H]1CC[C@]2(C(=O)O)CC[C@]3(C)[C@H](CC[C@@H]4[C@@]5(C)C[C@@H](O)[C@H](O)C(C)(C)[C@@H]5C[C@H](O)[C@]43C)[C@@H]12. The fourth-order valence-corrected chi connectivity index (χ4v) is 11.6. The van der Waals surface area contributed by atoms with E-state index in [0.29, 0.717) is 19.3 Å². The molecule has 0 aromatic rings. The molecule has 0 saturated heterocycles. The first-order chi connectivity index (χ1) is 16.1. The molecule has 0 radical (unpaired) electrons. The van der Waals surface area contributed by atoms with Gasteiger partial charge in [-0.1, -0.05) is 46.8 Å². The van der Waals surface area contributed by atoms with Gasteiger partial charge in [-0.3, -0.25) is 4.79 Å². The van der Waals surface area contributed by atoms with E-state index in [9.17, 15) is 25.2 Å². The van der Waals surface area contributed by atoms with E-state index < -0.39 is 35.1 Å². The van der Waals surface area contributed by atoms with E-state index in [0.717, 1.165) is 37.7 Å². The molecular formula is C30H48O5. The van der Waals surface area contributed by atoms with Gasteiger partial charge in [0.1, 0.15) is 0 Å². The Morgan fingerprint density at radius 1 is 0.914 bits per heavy atom. The molecule has 4 N–H and O–H groups in total. The molecule has 0 aliphatic heterocycles. The Labute approximate surface area is 211 Å². The zero-order valence-corrected chi connectivity index (χ0v) is 22.7. The molecule has 198 valence electrons. The van der Waals surface area contributed by atoms with Gasteiger partial charge < -0.3 is 20.4 Å². The van der Waals surface area contributed by atoms with Crippen molar-refractivity contribution in [1.82, 2.24) is 0 Å². The van der Waals surface area contributed by atoms with Gasteiger partial charge in [0.05, 0.1) is 23.7 Å². The molecule has 5 fully saturated rings. The van der Waals surface area contributed by atoms with Gasteiger partial charge in [-0.25, -0.2) is 0 Å². The highest BCUT2D eigenvalue weighted by Gasteiger charge is 2.74. The summed E-state index contributed by atoms with van der Waals surface area (Å²) in [7, 11) is 0. The standard InChI is InChI=1S/C30H48O5/c1-16(2)17-10-11-30(25(34)35)13-12-28(6)18(23(17)30)8-9-20-27(5)15-19(31)24(33)26(3,4)21(27)14-22(32)29(20,28)7/h17-24,31-33H,1,8-15H2,2-7H3,(H,34,35)/t17-,18+,19+,20+,21-,22-,23+,24-,27+,28+,29-,30-/m0/s1. The number of aliphatic hydroxyl groups excluding tert-OH is 3. The van der Waals surface area contributed by atoms with Crippen LogP contribution in [0, 0.1) is 56.7 Å². The van der Waals surface area contributed by atoms with Gasteiger partial charge in [0.15, 0.2) is 0 Å². The Morgan fingerprint density at radius 3 is 2.17 bits per heavy atom. The van der Waals surface area contributed by atoms with Crippen LogP contribution in [0.3, 0.4) is 0 Å². The number of allylic oxidation sites excluding steroid dienone is 1. The number of fused-ring (bicyclic) bond motifs is 7. The van der Waals surface area contributed by atoms with E-state index >= 15 is 0 Å². The van der Waals surface area contributed by atoms with Gasteiger partial charge in [-0.15, -0.1) is 0 Å². The van der Waals surface area contributed by atoms with Crippen molar-refractivity contribution in [1.29, 1.82) is 0 Å². The van der Waals surface area contributed by atoms with Gasteiger partial charge in [-0.2, -0.15) is 0 Å². The summed E-state index contributed by atoms with van der Waals surface area (Å²) in [5.74, 6) is 0.238. The maximum Gasteiger partial charge on any atom is 0.309 e. The lowest BCUT2D eigenvalue weighted by Gasteiger charge is -2.74. The van der Waals surface area contributed by atoms with Crippen molar-refractivity contribution in [3.05, 3.63) is 12.2 Å². The minimum Gasteiger partial charge on any atom is -0.481 e. The number of carbonyl (C=O) groups is 1. The number of carboxylic acid groups (broad SMARTS) is 1. The van der Waals surface area contributed by atoms with E-state index in [4.69, 9.17) is 0 Å². The molecule has 5 rings (SSSR count). The van der Waals surface area contributed by atoms with E-state index in [1.165, 1.54) is 0 Å². The topological polar surface area (TPSA) is 98.0 Å². The second-order valence-electron chi connectivity index (χ2n) is 14.8. The lowest BCUT2D eigenvalue weighted by atomic mass is 9.31. The van der Waals surface area contributed by atoms with Crippen LogP contribution < -0.4 is 0 Å². The van der Waals surface area contributed by atoms with E-state index in [-0.39, 0.29) is 45.8 Å². The Kier molecular flexibility index (Phi) is 5.56. The van der Waals surface area contributed by atoms with Gasteiger partial charge in [0.2, 0.25) is 0 Å². The monoisotopic (exact) mass is 488 g/mol. The summed E-state index contributed by atoms with van der Waals surface area (Å²) in [6.45, 7) is 17.4. The average Bonchev–Trinajstić information content (AvgIpc) is 3.17. The lowest BCUT2D eigenvalue weighted by Crippen LogP contribution is -2.72. The third-order valence-corrected chi connectivity index (χ3v) is 13.5. The molecule has 5 aliphatic carbocycles. The first-order valence-corrected chi connectivity index (χ1v) is 14.0. The second-order valence-corrected chi connectivity index (χ2v) is 14.8. The third kappa shape index (κ3) is 2.90. The molecule has 0 heterocycles. The minimum absolute atomic E-state index is 0.0713. The Balaban J connectivity index is 1.61. The smallest absolute Gasteiger partial charge is 0.309 e. The highest BCUT2D eigenvalue weighted by atomic mass is 16.4. The summed E-state index contributed by atoms with van der Waals surface area (Å²) in [6, 6.07) is 0. The zero-order chi connectivity index (χ0) is 25.9. The van der Waals surface area contributed by atoms with Crippen molar-refractivity contribution < 1.29 is 25.2 Å². The summed E-state index contributed by atoms with van der Waals surface area (Å²) < 4.78 is 0. The van der Waals surface area contributed by atoms with Gasteiger partial charge in [-0.05, 0) is 104 Å². The number of rotatable bonds is 2. The van der Waals surface area contributed by atoms with Crippen LogP contribution in [0.2, 0.25) is 0 Å². The Morgan fingerprint density at radius 2 is 1.57 bits per heavy atom. The van der Waals surface area contributed by atoms with Gasteiger partial charge in [0, 0.05) is 5.41 Å². The van der Waals surface area contributed by atoms with Crippen LogP contribution >= 0.6 is 0 Å². The molecule has 12 atom stereocenters. The van der Waals surface area contributed by atoms with E-state index in [1.54, 1.807) is 0 Å². The van der Waals surface area contributed by atoms with Crippen molar-refractivity contribution >= 4 is 5.97 Å². The van der Waals surface area contributed by atoms with Crippen LogP contribution in [0.1, 0.15) is 92.9 Å². The van der Waals surface area contributed by atoms with Crippen LogP contribution in [0.25, 0.3) is 0 Å².